The van der Waals surface area contributed by atoms with Crippen molar-refractivity contribution in [3.05, 3.63) is 59.3 Å². The highest BCUT2D eigenvalue weighted by molar-refractivity contribution is 5.96. The monoisotopic (exact) mass is 400 g/mol. The highest BCUT2D eigenvalue weighted by Crippen LogP contribution is 2.35. The van der Waals surface area contributed by atoms with Crippen molar-refractivity contribution in [2.75, 3.05) is 6.61 Å². The maximum atomic E-state index is 12.0. The van der Waals surface area contributed by atoms with Gasteiger partial charge in [0.25, 0.3) is 0 Å². The predicted octanol–water partition coefficient (Wildman–Crippen LogP) is 4.60. The van der Waals surface area contributed by atoms with Crippen LogP contribution in [-0.4, -0.2) is 40.9 Å². The minimum atomic E-state index is -0.556. The first kappa shape index (κ1) is 23.5. The fraction of sp³-hybridized carbons (Fsp3) is 0.560. The molecule has 160 valence electrons. The van der Waals surface area contributed by atoms with Gasteiger partial charge in [-0.3, -0.25) is 4.79 Å². The second-order valence-corrected chi connectivity index (χ2v) is 8.67. The third-order valence-corrected chi connectivity index (χ3v) is 5.69. The summed E-state index contributed by atoms with van der Waals surface area (Å²) < 4.78 is 6.17. The Morgan fingerprint density at radius 2 is 2.03 bits per heavy atom. The molecule has 1 aliphatic heterocycles. The third kappa shape index (κ3) is 7.22. The number of aliphatic hydroxyl groups is 2. The molecular formula is C25H36O4. The zero-order chi connectivity index (χ0) is 21.6. The summed E-state index contributed by atoms with van der Waals surface area (Å²) in [5.74, 6) is 0.0432. The Bertz CT molecular complexity index is 725. The molecular weight excluding hydrogens is 364 g/mol. The molecule has 0 aromatic carbocycles. The Labute approximate surface area is 175 Å². The van der Waals surface area contributed by atoms with E-state index in [0.717, 1.165) is 36.0 Å². The number of aliphatic hydroxyl groups excluding tert-OH is 2. The van der Waals surface area contributed by atoms with Gasteiger partial charge >= 0.3 is 0 Å². The van der Waals surface area contributed by atoms with Gasteiger partial charge in [-0.25, -0.2) is 0 Å². The summed E-state index contributed by atoms with van der Waals surface area (Å²) in [7, 11) is 0. The van der Waals surface area contributed by atoms with Gasteiger partial charge in [-0.05, 0) is 70.1 Å². The molecule has 0 aromatic heterocycles. The first-order valence-corrected chi connectivity index (χ1v) is 10.5. The zero-order valence-electron chi connectivity index (χ0n) is 18.1. The van der Waals surface area contributed by atoms with E-state index in [1.807, 2.05) is 39.0 Å². The van der Waals surface area contributed by atoms with E-state index in [0.29, 0.717) is 19.3 Å². The first-order valence-electron chi connectivity index (χ1n) is 10.5. The van der Waals surface area contributed by atoms with Crippen molar-refractivity contribution in [2.45, 2.75) is 77.6 Å². The number of ether oxygens (including phenoxy) is 1. The van der Waals surface area contributed by atoms with E-state index < -0.39 is 6.10 Å². The van der Waals surface area contributed by atoms with Crippen LogP contribution in [0, 0.1) is 5.92 Å². The van der Waals surface area contributed by atoms with Crippen LogP contribution in [0.3, 0.4) is 0 Å². The maximum Gasteiger partial charge on any atom is 0.159 e. The van der Waals surface area contributed by atoms with Crippen LogP contribution >= 0.6 is 0 Å². The van der Waals surface area contributed by atoms with E-state index in [1.54, 1.807) is 0 Å². The lowest BCUT2D eigenvalue weighted by Gasteiger charge is -2.37. The highest BCUT2D eigenvalue weighted by atomic mass is 16.5. The Morgan fingerprint density at radius 3 is 2.69 bits per heavy atom. The Balaban J connectivity index is 1.90. The van der Waals surface area contributed by atoms with E-state index in [-0.39, 0.29) is 30.5 Å². The van der Waals surface area contributed by atoms with E-state index in [4.69, 9.17) is 4.74 Å². The number of fused-ring (bicyclic) bond motifs is 1. The average molecular weight is 401 g/mol. The van der Waals surface area contributed by atoms with Crippen LogP contribution in [0.1, 0.15) is 59.3 Å². The van der Waals surface area contributed by atoms with Crippen LogP contribution in [0.2, 0.25) is 0 Å². The van der Waals surface area contributed by atoms with Crippen LogP contribution in [-0.2, 0) is 9.53 Å². The van der Waals surface area contributed by atoms with Crippen LogP contribution < -0.4 is 0 Å². The molecule has 0 fully saturated rings. The normalized spacial score (nSPS) is 25.8. The van der Waals surface area contributed by atoms with Gasteiger partial charge < -0.3 is 14.9 Å². The molecule has 0 unspecified atom stereocenters. The van der Waals surface area contributed by atoms with E-state index >= 15 is 0 Å². The van der Waals surface area contributed by atoms with Gasteiger partial charge in [0.05, 0.1) is 24.9 Å². The minimum Gasteiger partial charge on any atom is -0.392 e. The van der Waals surface area contributed by atoms with Gasteiger partial charge in [-0.2, -0.15) is 0 Å². The van der Waals surface area contributed by atoms with Crippen molar-refractivity contribution >= 4 is 5.78 Å². The summed E-state index contributed by atoms with van der Waals surface area (Å²) in [5, 5.41) is 20.1. The summed E-state index contributed by atoms with van der Waals surface area (Å²) in [6.07, 6.45) is 9.26. The van der Waals surface area contributed by atoms with Crippen molar-refractivity contribution in [1.29, 1.82) is 0 Å². The second-order valence-electron chi connectivity index (χ2n) is 8.67. The molecule has 2 N–H and O–H groups in total. The van der Waals surface area contributed by atoms with Crippen LogP contribution in [0.15, 0.2) is 59.3 Å². The Hall–Kier alpha value is -1.75. The van der Waals surface area contributed by atoms with Crippen molar-refractivity contribution in [1.82, 2.24) is 0 Å². The lowest BCUT2D eigenvalue weighted by molar-refractivity contribution is -0.119. The Morgan fingerprint density at radius 1 is 1.31 bits per heavy atom. The number of carbonyl (C=O) groups is 1. The molecule has 4 heteroatoms. The van der Waals surface area contributed by atoms with Gasteiger partial charge in [0.1, 0.15) is 0 Å². The minimum absolute atomic E-state index is 0.0671. The molecule has 1 heterocycles. The number of hydrogen-bond acceptors (Lipinski definition) is 4. The number of allylic oxidation sites excluding steroid dienone is 3. The zero-order valence-corrected chi connectivity index (χ0v) is 18.1. The molecule has 0 spiro atoms. The lowest BCUT2D eigenvalue weighted by atomic mass is 9.79. The summed E-state index contributed by atoms with van der Waals surface area (Å²) >= 11 is 0. The van der Waals surface area contributed by atoms with Gasteiger partial charge in [0.15, 0.2) is 5.78 Å². The van der Waals surface area contributed by atoms with Gasteiger partial charge in [-0.1, -0.05) is 35.5 Å². The fourth-order valence-electron chi connectivity index (χ4n) is 4.09. The molecule has 0 amide bonds. The third-order valence-electron chi connectivity index (χ3n) is 5.69. The maximum absolute atomic E-state index is 12.0. The topological polar surface area (TPSA) is 66.8 Å². The fourth-order valence-corrected chi connectivity index (χ4v) is 4.09. The van der Waals surface area contributed by atoms with E-state index in [2.05, 4.69) is 13.2 Å². The lowest BCUT2D eigenvalue weighted by Crippen LogP contribution is -2.38. The second kappa shape index (κ2) is 10.9. The number of carbonyl (C=O) groups excluding carboxylic acids is 1. The van der Waals surface area contributed by atoms with Crippen molar-refractivity contribution < 1.29 is 19.7 Å². The number of ketones is 1. The predicted molar refractivity (Wildman–Crippen MR) is 118 cm³/mol. The number of rotatable bonds is 10. The molecule has 0 bridgehead atoms. The molecule has 0 aromatic rings. The van der Waals surface area contributed by atoms with Crippen molar-refractivity contribution in [3.8, 4) is 0 Å². The van der Waals surface area contributed by atoms with Crippen molar-refractivity contribution in [2.24, 2.45) is 5.92 Å². The Kier molecular flexibility index (Phi) is 8.81. The number of hydrogen-bond donors (Lipinski definition) is 2. The molecule has 0 saturated carbocycles. The molecule has 1 aliphatic carbocycles. The van der Waals surface area contributed by atoms with Gasteiger partial charge in [-0.15, -0.1) is 6.58 Å². The van der Waals surface area contributed by atoms with Gasteiger partial charge in [0, 0.05) is 12.3 Å². The van der Waals surface area contributed by atoms with Crippen molar-refractivity contribution in [3.63, 3.8) is 0 Å². The smallest absolute Gasteiger partial charge is 0.159 e. The van der Waals surface area contributed by atoms with E-state index in [9.17, 15) is 15.0 Å². The van der Waals surface area contributed by atoms with Crippen LogP contribution in [0.5, 0.6) is 0 Å². The largest absolute Gasteiger partial charge is 0.392 e. The van der Waals surface area contributed by atoms with Crippen LogP contribution in [0.4, 0.5) is 0 Å². The average Bonchev–Trinajstić information content (AvgIpc) is 2.61. The standard InChI is InChI=1S/C25H36O4/c1-16(2)7-6-8-17(3)9-21(27)10-18(4)11-22-13-20(15-26)23-14-24(28)19(5)12-25(23)29-22/h9,12-13,21-23,25-27H,1,4,6-8,10-11,14-15H2,2-3,5H3/b17-9+/t21-,22+,23-,25-/m1/s1. The highest BCUT2D eigenvalue weighted by Gasteiger charge is 2.36. The summed E-state index contributed by atoms with van der Waals surface area (Å²) in [6.45, 7) is 13.9. The SMILES string of the molecule is C=C(C)CCC/C(C)=C/[C@@H](O)CC(=C)C[C@H]1C=C(CO)[C@H]2CC(=O)C(C)=C[C@H]2O1. The van der Waals surface area contributed by atoms with E-state index in [1.165, 1.54) is 11.1 Å². The van der Waals surface area contributed by atoms with Gasteiger partial charge in [0.2, 0.25) is 0 Å². The molecule has 4 nitrogen and oxygen atoms in total. The molecule has 29 heavy (non-hydrogen) atoms. The molecule has 2 rings (SSSR count). The molecule has 0 radical (unpaired) electrons. The summed E-state index contributed by atoms with van der Waals surface area (Å²) in [6, 6.07) is 0. The molecule has 2 aliphatic rings. The van der Waals surface area contributed by atoms with Crippen LogP contribution in [0.25, 0.3) is 0 Å². The molecule has 0 saturated heterocycles. The molecule has 4 atom stereocenters. The number of Topliss-reactive ketones (excluding diaryl/α,β-unsaturated/α-hetero) is 1. The quantitative estimate of drug-likeness (QED) is 0.526. The summed E-state index contributed by atoms with van der Waals surface area (Å²) in [5.41, 5.74) is 4.87. The summed E-state index contributed by atoms with van der Waals surface area (Å²) in [4.78, 5) is 12.0. The first-order chi connectivity index (χ1) is 13.7.